The van der Waals surface area contributed by atoms with Crippen LogP contribution in [0.5, 0.6) is 0 Å². The molecule has 1 aliphatic heterocycles. The number of aliphatic carboxylic acids is 1. The van der Waals surface area contributed by atoms with Gasteiger partial charge in [0.1, 0.15) is 4.88 Å². The molecule has 1 unspecified atom stereocenters. The first-order chi connectivity index (χ1) is 8.93. The molecule has 0 radical (unpaired) electrons. The van der Waals surface area contributed by atoms with E-state index in [2.05, 4.69) is 9.72 Å². The summed E-state index contributed by atoms with van der Waals surface area (Å²) in [6.07, 6.45) is -0.0402. The van der Waals surface area contributed by atoms with E-state index in [9.17, 15) is 14.4 Å². The number of hydrogen-bond acceptors (Lipinski definition) is 6. The predicted molar refractivity (Wildman–Crippen MR) is 66.3 cm³/mol. The number of carboxylic acid groups (broad SMARTS) is 1. The van der Waals surface area contributed by atoms with Crippen molar-refractivity contribution in [3.8, 4) is 0 Å². The van der Waals surface area contributed by atoms with Gasteiger partial charge in [-0.05, 0) is 6.92 Å². The number of aromatic nitrogens is 1. The summed E-state index contributed by atoms with van der Waals surface area (Å²) >= 11 is 1.03. The fourth-order valence-corrected chi connectivity index (χ4v) is 2.85. The van der Waals surface area contributed by atoms with Gasteiger partial charge >= 0.3 is 11.9 Å². The molecule has 1 amide bonds. The highest BCUT2D eigenvalue weighted by atomic mass is 32.1. The van der Waals surface area contributed by atoms with E-state index < -0.39 is 17.9 Å². The molecule has 102 valence electrons. The number of thiazole rings is 1. The number of rotatable bonds is 3. The number of carbonyl (C=O) groups excluding carboxylic acids is 2. The molecule has 1 saturated heterocycles. The van der Waals surface area contributed by atoms with E-state index in [4.69, 9.17) is 5.11 Å². The maximum absolute atomic E-state index is 11.8. The minimum atomic E-state index is -1.00. The summed E-state index contributed by atoms with van der Waals surface area (Å²) in [5.41, 5.74) is 0.471. The highest BCUT2D eigenvalue weighted by molar-refractivity contribution is 7.17. The van der Waals surface area contributed by atoms with Crippen LogP contribution in [-0.4, -0.2) is 41.6 Å². The highest BCUT2D eigenvalue weighted by Gasteiger charge is 2.37. The molecular weight excluding hydrogens is 272 g/mol. The first-order valence-corrected chi connectivity index (χ1v) is 6.34. The summed E-state index contributed by atoms with van der Waals surface area (Å²) in [5, 5.41) is 9.25. The number of hydrogen-bond donors (Lipinski definition) is 1. The van der Waals surface area contributed by atoms with E-state index in [1.807, 2.05) is 0 Å². The van der Waals surface area contributed by atoms with Crippen molar-refractivity contribution in [2.45, 2.75) is 13.3 Å². The van der Waals surface area contributed by atoms with Crippen LogP contribution in [0.2, 0.25) is 0 Å². The van der Waals surface area contributed by atoms with Crippen LogP contribution in [0.25, 0.3) is 0 Å². The lowest BCUT2D eigenvalue weighted by atomic mass is 10.1. The van der Waals surface area contributed by atoms with Crippen molar-refractivity contribution in [2.75, 3.05) is 18.6 Å². The molecule has 0 spiro atoms. The van der Waals surface area contributed by atoms with Crippen molar-refractivity contribution in [1.82, 2.24) is 4.98 Å². The number of esters is 1. The summed E-state index contributed by atoms with van der Waals surface area (Å²) in [6, 6.07) is 0. The summed E-state index contributed by atoms with van der Waals surface area (Å²) in [7, 11) is 1.27. The molecule has 1 N–H and O–H groups in total. The molecule has 1 atom stereocenters. The Labute approximate surface area is 112 Å². The second-order valence-corrected chi connectivity index (χ2v) is 5.12. The Kier molecular flexibility index (Phi) is 3.52. The smallest absolute Gasteiger partial charge is 0.350 e. The maximum atomic E-state index is 11.8. The van der Waals surface area contributed by atoms with Crippen molar-refractivity contribution in [3.63, 3.8) is 0 Å². The second kappa shape index (κ2) is 4.96. The molecule has 1 aromatic rings. The summed E-state index contributed by atoms with van der Waals surface area (Å²) in [6.45, 7) is 1.73. The van der Waals surface area contributed by atoms with Crippen molar-refractivity contribution < 1.29 is 24.2 Å². The van der Waals surface area contributed by atoms with Crippen molar-refractivity contribution in [2.24, 2.45) is 5.92 Å². The standard InChI is InChI=1S/C11H12N2O5S/c1-5-8(10(17)18-2)19-11(12-5)13-4-6(9(15)16)3-7(13)14/h6H,3-4H2,1-2H3,(H,15,16). The van der Waals surface area contributed by atoms with Gasteiger partial charge in [-0.15, -0.1) is 0 Å². The zero-order valence-electron chi connectivity index (χ0n) is 10.4. The van der Waals surface area contributed by atoms with E-state index in [0.717, 1.165) is 11.3 Å². The van der Waals surface area contributed by atoms with Gasteiger partial charge in [0.2, 0.25) is 5.91 Å². The third-order valence-corrected chi connectivity index (χ3v) is 4.02. The Morgan fingerprint density at radius 1 is 1.53 bits per heavy atom. The molecule has 8 heteroatoms. The third-order valence-electron chi connectivity index (χ3n) is 2.86. The minimum Gasteiger partial charge on any atom is -0.481 e. The average molecular weight is 284 g/mol. The normalized spacial score (nSPS) is 18.7. The number of anilines is 1. The minimum absolute atomic E-state index is 0.0402. The monoisotopic (exact) mass is 284 g/mol. The van der Waals surface area contributed by atoms with Gasteiger partial charge in [-0.3, -0.25) is 14.5 Å². The van der Waals surface area contributed by atoms with Gasteiger partial charge < -0.3 is 9.84 Å². The van der Waals surface area contributed by atoms with Crippen LogP contribution in [0, 0.1) is 12.8 Å². The fourth-order valence-electron chi connectivity index (χ4n) is 1.84. The molecule has 0 aromatic carbocycles. The quantitative estimate of drug-likeness (QED) is 0.820. The van der Waals surface area contributed by atoms with E-state index in [1.54, 1.807) is 6.92 Å². The van der Waals surface area contributed by atoms with Gasteiger partial charge in [-0.25, -0.2) is 9.78 Å². The first-order valence-electron chi connectivity index (χ1n) is 5.53. The molecular formula is C11H12N2O5S. The lowest BCUT2D eigenvalue weighted by Gasteiger charge is -2.11. The van der Waals surface area contributed by atoms with Gasteiger partial charge in [-0.2, -0.15) is 0 Å². The zero-order valence-corrected chi connectivity index (χ0v) is 11.2. The van der Waals surface area contributed by atoms with Gasteiger partial charge in [0.15, 0.2) is 5.13 Å². The SMILES string of the molecule is COC(=O)c1sc(N2CC(C(=O)O)CC2=O)nc1C. The van der Waals surface area contributed by atoms with Crippen LogP contribution in [0.1, 0.15) is 21.8 Å². The number of methoxy groups -OCH3 is 1. The molecule has 0 saturated carbocycles. The molecule has 7 nitrogen and oxygen atoms in total. The van der Waals surface area contributed by atoms with Gasteiger partial charge in [-0.1, -0.05) is 11.3 Å². The topological polar surface area (TPSA) is 96.8 Å². The largest absolute Gasteiger partial charge is 0.481 e. The average Bonchev–Trinajstić information content (AvgIpc) is 2.91. The molecule has 0 bridgehead atoms. The van der Waals surface area contributed by atoms with E-state index in [0.29, 0.717) is 15.7 Å². The fraction of sp³-hybridized carbons (Fsp3) is 0.455. The molecule has 1 aromatic heterocycles. The third kappa shape index (κ3) is 2.43. The number of amides is 1. The maximum Gasteiger partial charge on any atom is 0.350 e. The lowest BCUT2D eigenvalue weighted by Crippen LogP contribution is -2.25. The van der Waals surface area contributed by atoms with Crippen LogP contribution in [0.15, 0.2) is 0 Å². The molecule has 2 rings (SSSR count). The highest BCUT2D eigenvalue weighted by Crippen LogP contribution is 2.31. The predicted octanol–water partition coefficient (Wildman–Crippen LogP) is 0.676. The van der Waals surface area contributed by atoms with E-state index in [-0.39, 0.29) is 18.9 Å². The number of ether oxygens (including phenoxy) is 1. The number of aryl methyl sites for hydroxylation is 1. The van der Waals surface area contributed by atoms with Crippen LogP contribution in [-0.2, 0) is 14.3 Å². The van der Waals surface area contributed by atoms with Gasteiger partial charge in [0.05, 0.1) is 18.7 Å². The summed E-state index contributed by atoms with van der Waals surface area (Å²) in [4.78, 5) is 39.9. The van der Waals surface area contributed by atoms with Gasteiger partial charge in [0, 0.05) is 13.0 Å². The summed E-state index contributed by atoms with van der Waals surface area (Å²) < 4.78 is 4.61. The second-order valence-electron chi connectivity index (χ2n) is 4.15. The number of carboxylic acids is 1. The van der Waals surface area contributed by atoms with E-state index >= 15 is 0 Å². The van der Waals surface area contributed by atoms with Crippen LogP contribution in [0.4, 0.5) is 5.13 Å². The van der Waals surface area contributed by atoms with Gasteiger partial charge in [0.25, 0.3) is 0 Å². The molecule has 0 aliphatic carbocycles. The Balaban J connectivity index is 2.26. The lowest BCUT2D eigenvalue weighted by molar-refractivity contribution is -0.141. The molecule has 19 heavy (non-hydrogen) atoms. The Morgan fingerprint density at radius 3 is 2.74 bits per heavy atom. The van der Waals surface area contributed by atoms with E-state index in [1.165, 1.54) is 12.0 Å². The summed E-state index contributed by atoms with van der Waals surface area (Å²) in [5.74, 6) is -2.53. The van der Waals surface area contributed by atoms with Crippen molar-refractivity contribution >= 4 is 34.3 Å². The first kappa shape index (κ1) is 13.5. The molecule has 1 fully saturated rings. The Morgan fingerprint density at radius 2 is 2.21 bits per heavy atom. The number of carbonyl (C=O) groups is 3. The zero-order chi connectivity index (χ0) is 14.2. The number of nitrogens with zero attached hydrogens (tertiary/aromatic N) is 2. The van der Waals surface area contributed by atoms with Crippen LogP contribution in [0.3, 0.4) is 0 Å². The van der Waals surface area contributed by atoms with Crippen LogP contribution < -0.4 is 4.90 Å². The Hall–Kier alpha value is -1.96. The van der Waals surface area contributed by atoms with Crippen molar-refractivity contribution in [3.05, 3.63) is 10.6 Å². The molecule has 1 aliphatic rings. The Bertz CT molecular complexity index is 553. The van der Waals surface area contributed by atoms with Crippen molar-refractivity contribution in [1.29, 1.82) is 0 Å². The van der Waals surface area contributed by atoms with Crippen LogP contribution >= 0.6 is 11.3 Å². The molecule has 2 heterocycles.